The molecule has 0 saturated carbocycles. The Hall–Kier alpha value is -2.49. The van der Waals surface area contributed by atoms with Gasteiger partial charge in [0, 0.05) is 18.1 Å². The van der Waals surface area contributed by atoms with E-state index in [1.165, 1.54) is 11.1 Å². The van der Waals surface area contributed by atoms with E-state index >= 15 is 0 Å². The topological polar surface area (TPSA) is 50.2 Å². The fourth-order valence-electron chi connectivity index (χ4n) is 1.97. The molecule has 1 aliphatic heterocycles. The maximum atomic E-state index is 4.31. The van der Waals surface area contributed by atoms with E-state index in [-0.39, 0.29) is 0 Å². The Bertz CT molecular complexity index is 641. The summed E-state index contributed by atoms with van der Waals surface area (Å²) in [6.07, 6.45) is 5.78. The van der Waals surface area contributed by atoms with Crippen LogP contribution in [0.4, 0.5) is 11.5 Å². The molecule has 19 heavy (non-hydrogen) atoms. The number of hydrogen-bond donors (Lipinski definition) is 1. The Morgan fingerprint density at radius 1 is 1.11 bits per heavy atom. The van der Waals surface area contributed by atoms with E-state index in [1.807, 2.05) is 31.3 Å². The number of benzene rings is 1. The highest BCUT2D eigenvalue weighted by molar-refractivity contribution is 6.11. The molecule has 0 fully saturated rings. The Morgan fingerprint density at radius 2 is 1.95 bits per heavy atom. The van der Waals surface area contributed by atoms with Gasteiger partial charge in [0.15, 0.2) is 0 Å². The summed E-state index contributed by atoms with van der Waals surface area (Å²) in [5, 5.41) is 3.26. The Morgan fingerprint density at radius 3 is 2.63 bits per heavy atom. The van der Waals surface area contributed by atoms with E-state index in [2.05, 4.69) is 38.5 Å². The van der Waals surface area contributed by atoms with Crippen molar-refractivity contribution < 1.29 is 0 Å². The van der Waals surface area contributed by atoms with Crippen molar-refractivity contribution in [3.05, 3.63) is 54.0 Å². The van der Waals surface area contributed by atoms with Crippen molar-refractivity contribution in [3.8, 4) is 0 Å². The average molecular weight is 250 g/mol. The number of hydrogen-bond acceptors (Lipinski definition) is 4. The summed E-state index contributed by atoms with van der Waals surface area (Å²) in [6.45, 7) is 2.66. The van der Waals surface area contributed by atoms with Crippen LogP contribution in [0.3, 0.4) is 0 Å². The highest BCUT2D eigenvalue weighted by Gasteiger charge is 2.03. The molecule has 0 radical (unpaired) electrons. The molecule has 0 aliphatic carbocycles. The molecule has 1 aromatic heterocycles. The van der Waals surface area contributed by atoms with Crippen LogP contribution in [0.1, 0.15) is 11.4 Å². The maximum absolute atomic E-state index is 4.31. The summed E-state index contributed by atoms with van der Waals surface area (Å²) in [6, 6.07) is 10.1. The van der Waals surface area contributed by atoms with Crippen molar-refractivity contribution in [2.24, 2.45) is 4.99 Å². The summed E-state index contributed by atoms with van der Waals surface area (Å²) in [5.41, 5.74) is 3.38. The minimum absolute atomic E-state index is 0.758. The average Bonchev–Trinajstić information content (AvgIpc) is 2.94. The molecular formula is C15H14N4. The maximum Gasteiger partial charge on any atom is 0.134 e. The molecule has 0 amide bonds. The minimum Gasteiger partial charge on any atom is -0.340 e. The standard InChI is InChI=1S/C15H14N4/c1-11-17-9-7-15(18-11)19-14-4-2-12(3-5-14)13-6-8-16-10-13/h2-7,9-10H,8H2,1H3,(H,17,18,19). The predicted molar refractivity (Wildman–Crippen MR) is 77.8 cm³/mol. The lowest BCUT2D eigenvalue weighted by atomic mass is 10.1. The number of nitrogens with zero attached hydrogens (tertiary/aromatic N) is 3. The number of nitrogens with one attached hydrogen (secondary N) is 1. The van der Waals surface area contributed by atoms with Gasteiger partial charge in [0.1, 0.15) is 11.6 Å². The van der Waals surface area contributed by atoms with Crippen LogP contribution in [0.25, 0.3) is 5.57 Å². The van der Waals surface area contributed by atoms with Gasteiger partial charge in [-0.2, -0.15) is 0 Å². The fourth-order valence-corrected chi connectivity index (χ4v) is 1.97. The highest BCUT2D eigenvalue weighted by atomic mass is 15.0. The number of rotatable bonds is 3. The molecule has 1 aliphatic rings. The van der Waals surface area contributed by atoms with Crippen LogP contribution in [0, 0.1) is 6.92 Å². The first-order valence-electron chi connectivity index (χ1n) is 6.18. The molecule has 2 aromatic rings. The SMILES string of the molecule is Cc1nccc(Nc2ccc(C3=CCN=C3)cc2)n1. The summed E-state index contributed by atoms with van der Waals surface area (Å²) >= 11 is 0. The van der Waals surface area contributed by atoms with Crippen molar-refractivity contribution in [1.82, 2.24) is 9.97 Å². The van der Waals surface area contributed by atoms with Crippen LogP contribution in [-0.4, -0.2) is 22.7 Å². The Kier molecular flexibility index (Phi) is 3.06. The normalized spacial score (nSPS) is 13.4. The monoisotopic (exact) mass is 250 g/mol. The molecule has 4 nitrogen and oxygen atoms in total. The predicted octanol–water partition coefficient (Wildman–Crippen LogP) is 3.00. The first-order chi connectivity index (χ1) is 9.31. The van der Waals surface area contributed by atoms with Gasteiger partial charge in [0.2, 0.25) is 0 Å². The largest absolute Gasteiger partial charge is 0.340 e. The van der Waals surface area contributed by atoms with Crippen molar-refractivity contribution in [3.63, 3.8) is 0 Å². The molecule has 3 rings (SSSR count). The molecule has 0 saturated heterocycles. The van der Waals surface area contributed by atoms with Gasteiger partial charge < -0.3 is 5.32 Å². The Labute approximate surface area is 112 Å². The minimum atomic E-state index is 0.758. The van der Waals surface area contributed by atoms with Gasteiger partial charge in [-0.1, -0.05) is 18.2 Å². The van der Waals surface area contributed by atoms with Crippen LogP contribution < -0.4 is 5.32 Å². The van der Waals surface area contributed by atoms with E-state index in [9.17, 15) is 0 Å². The van der Waals surface area contributed by atoms with Crippen molar-refractivity contribution in [2.75, 3.05) is 11.9 Å². The van der Waals surface area contributed by atoms with E-state index in [0.717, 1.165) is 23.9 Å². The number of aryl methyl sites for hydroxylation is 1. The molecular weight excluding hydrogens is 236 g/mol. The summed E-state index contributed by atoms with van der Waals surface area (Å²) in [5.74, 6) is 1.57. The van der Waals surface area contributed by atoms with E-state index in [0.29, 0.717) is 0 Å². The molecule has 4 heteroatoms. The molecule has 2 heterocycles. The smallest absolute Gasteiger partial charge is 0.134 e. The molecule has 1 aromatic carbocycles. The van der Waals surface area contributed by atoms with Gasteiger partial charge in [-0.15, -0.1) is 0 Å². The molecule has 0 spiro atoms. The van der Waals surface area contributed by atoms with Gasteiger partial charge in [-0.25, -0.2) is 9.97 Å². The molecule has 0 bridgehead atoms. The highest BCUT2D eigenvalue weighted by Crippen LogP contribution is 2.20. The van der Waals surface area contributed by atoms with Crippen molar-refractivity contribution >= 4 is 23.3 Å². The number of allylic oxidation sites excluding steroid dienone is 1. The van der Waals surface area contributed by atoms with Crippen LogP contribution in [0.2, 0.25) is 0 Å². The third kappa shape index (κ3) is 2.68. The fraction of sp³-hybridized carbons (Fsp3) is 0.133. The van der Waals surface area contributed by atoms with Gasteiger partial charge in [0.05, 0.1) is 6.54 Å². The molecule has 94 valence electrons. The number of aliphatic imine (C=N–C) groups is 1. The van der Waals surface area contributed by atoms with Crippen LogP contribution in [-0.2, 0) is 0 Å². The number of aromatic nitrogens is 2. The first kappa shape index (κ1) is 11.6. The summed E-state index contributed by atoms with van der Waals surface area (Å²) in [7, 11) is 0. The van der Waals surface area contributed by atoms with Gasteiger partial charge in [-0.05, 0) is 36.3 Å². The summed E-state index contributed by atoms with van der Waals surface area (Å²) in [4.78, 5) is 12.6. The third-order valence-corrected chi connectivity index (χ3v) is 2.91. The molecule has 0 atom stereocenters. The van der Waals surface area contributed by atoms with Crippen LogP contribution in [0.5, 0.6) is 0 Å². The zero-order valence-corrected chi connectivity index (χ0v) is 10.7. The van der Waals surface area contributed by atoms with Gasteiger partial charge in [0.25, 0.3) is 0 Å². The van der Waals surface area contributed by atoms with Crippen molar-refractivity contribution in [2.45, 2.75) is 6.92 Å². The third-order valence-electron chi connectivity index (χ3n) is 2.91. The van der Waals surface area contributed by atoms with E-state index < -0.39 is 0 Å². The van der Waals surface area contributed by atoms with E-state index in [1.54, 1.807) is 6.20 Å². The summed E-state index contributed by atoms with van der Waals surface area (Å²) < 4.78 is 0. The lowest BCUT2D eigenvalue weighted by molar-refractivity contribution is 1.06. The van der Waals surface area contributed by atoms with Gasteiger partial charge in [-0.3, -0.25) is 4.99 Å². The second kappa shape index (κ2) is 5.02. The lowest BCUT2D eigenvalue weighted by Gasteiger charge is -2.07. The van der Waals surface area contributed by atoms with Crippen LogP contribution in [0.15, 0.2) is 47.6 Å². The lowest BCUT2D eigenvalue weighted by Crippen LogP contribution is -1.96. The molecule has 1 N–H and O–H groups in total. The Balaban J connectivity index is 1.77. The van der Waals surface area contributed by atoms with E-state index in [4.69, 9.17) is 0 Å². The molecule has 0 unspecified atom stereocenters. The second-order valence-electron chi connectivity index (χ2n) is 4.35. The zero-order valence-electron chi connectivity index (χ0n) is 10.7. The van der Waals surface area contributed by atoms with Crippen LogP contribution >= 0.6 is 0 Å². The van der Waals surface area contributed by atoms with Gasteiger partial charge >= 0.3 is 0 Å². The quantitative estimate of drug-likeness (QED) is 0.911. The zero-order chi connectivity index (χ0) is 13.1. The number of anilines is 2. The second-order valence-corrected chi connectivity index (χ2v) is 4.35. The van der Waals surface area contributed by atoms with Crippen molar-refractivity contribution in [1.29, 1.82) is 0 Å². The first-order valence-corrected chi connectivity index (χ1v) is 6.18.